The molecule has 0 spiro atoms. The van der Waals surface area contributed by atoms with E-state index in [0.717, 1.165) is 37.8 Å². The molecule has 0 aromatic rings. The molecule has 2 aliphatic rings. The van der Waals surface area contributed by atoms with E-state index in [9.17, 15) is 9.59 Å². The fourth-order valence-corrected chi connectivity index (χ4v) is 3.11. The van der Waals surface area contributed by atoms with Gasteiger partial charge in [0.25, 0.3) is 0 Å². The second-order valence-corrected chi connectivity index (χ2v) is 6.61. The Morgan fingerprint density at radius 3 is 2.83 bits per heavy atom. The van der Waals surface area contributed by atoms with E-state index in [4.69, 9.17) is 5.73 Å². The van der Waals surface area contributed by atoms with E-state index in [2.05, 4.69) is 35.8 Å². The van der Waals surface area contributed by atoms with Crippen LogP contribution in [0.15, 0.2) is 35.1 Å². The van der Waals surface area contributed by atoms with Crippen molar-refractivity contribution in [3.05, 3.63) is 35.1 Å². The largest absolute Gasteiger partial charge is 0.356 e. The highest BCUT2D eigenvalue weighted by Crippen LogP contribution is 2.33. The Balaban J connectivity index is 1.75. The average Bonchev–Trinajstić information content (AvgIpc) is 2.57. The predicted octanol–water partition coefficient (Wildman–Crippen LogP) is 2.31. The molecule has 5 nitrogen and oxygen atoms in total. The molecule has 2 amide bonds. The van der Waals surface area contributed by atoms with Crippen molar-refractivity contribution in [2.45, 2.75) is 51.9 Å². The van der Waals surface area contributed by atoms with Crippen molar-refractivity contribution < 1.29 is 9.59 Å². The molecule has 0 fully saturated rings. The average molecular weight is 331 g/mol. The van der Waals surface area contributed by atoms with Gasteiger partial charge in [-0.15, -0.1) is 0 Å². The maximum Gasteiger partial charge on any atom is 0.224 e. The first kappa shape index (κ1) is 18.5. The molecule has 0 aliphatic heterocycles. The SMILES string of the molecule is CC1C=CC2=C(CCC=C2NC(=O)CCC(=O)NCCCCN)C1. The maximum atomic E-state index is 12.1. The van der Waals surface area contributed by atoms with E-state index >= 15 is 0 Å². The molecule has 0 aromatic heterocycles. The van der Waals surface area contributed by atoms with Crippen molar-refractivity contribution in [3.63, 3.8) is 0 Å². The van der Waals surface area contributed by atoms with Crippen LogP contribution < -0.4 is 16.4 Å². The minimum Gasteiger partial charge on any atom is -0.356 e. The summed E-state index contributed by atoms with van der Waals surface area (Å²) in [7, 11) is 0. The summed E-state index contributed by atoms with van der Waals surface area (Å²) < 4.78 is 0. The van der Waals surface area contributed by atoms with Crippen molar-refractivity contribution in [2.24, 2.45) is 11.7 Å². The first-order valence-corrected chi connectivity index (χ1v) is 8.97. The third kappa shape index (κ3) is 5.64. The Labute approximate surface area is 144 Å². The van der Waals surface area contributed by atoms with Crippen LogP contribution in [0.4, 0.5) is 0 Å². The summed E-state index contributed by atoms with van der Waals surface area (Å²) in [5.74, 6) is 0.395. The van der Waals surface area contributed by atoms with Crippen LogP contribution in [-0.2, 0) is 9.59 Å². The number of amides is 2. The first-order chi connectivity index (χ1) is 11.6. The smallest absolute Gasteiger partial charge is 0.224 e. The number of hydrogen-bond acceptors (Lipinski definition) is 3. The highest BCUT2D eigenvalue weighted by atomic mass is 16.2. The van der Waals surface area contributed by atoms with Crippen LogP contribution in [0.5, 0.6) is 0 Å². The van der Waals surface area contributed by atoms with Gasteiger partial charge in [-0.1, -0.05) is 30.7 Å². The normalized spacial score (nSPS) is 19.6. The Hall–Kier alpha value is -1.88. The van der Waals surface area contributed by atoms with Gasteiger partial charge in [0.2, 0.25) is 11.8 Å². The van der Waals surface area contributed by atoms with E-state index in [1.165, 1.54) is 11.1 Å². The molecule has 1 unspecified atom stereocenters. The molecule has 2 aliphatic carbocycles. The summed E-state index contributed by atoms with van der Waals surface area (Å²) in [5.41, 5.74) is 8.91. The maximum absolute atomic E-state index is 12.1. The van der Waals surface area contributed by atoms with E-state index in [1.807, 2.05) is 0 Å². The van der Waals surface area contributed by atoms with Gasteiger partial charge in [0.15, 0.2) is 0 Å². The van der Waals surface area contributed by atoms with Gasteiger partial charge in [0, 0.05) is 25.1 Å². The van der Waals surface area contributed by atoms with Gasteiger partial charge < -0.3 is 16.4 Å². The van der Waals surface area contributed by atoms with E-state index < -0.39 is 0 Å². The lowest BCUT2D eigenvalue weighted by Crippen LogP contribution is -2.29. The van der Waals surface area contributed by atoms with E-state index in [1.54, 1.807) is 0 Å². The second kappa shape index (κ2) is 9.42. The topological polar surface area (TPSA) is 84.2 Å². The molecule has 132 valence electrons. The quantitative estimate of drug-likeness (QED) is 0.597. The summed E-state index contributed by atoms with van der Waals surface area (Å²) in [4.78, 5) is 23.8. The zero-order valence-electron chi connectivity index (χ0n) is 14.6. The summed E-state index contributed by atoms with van der Waals surface area (Å²) >= 11 is 0. The highest BCUT2D eigenvalue weighted by molar-refractivity contribution is 5.85. The van der Waals surface area contributed by atoms with Crippen LogP contribution in [0.1, 0.15) is 51.9 Å². The molecule has 0 radical (unpaired) electrons. The molecule has 1 atom stereocenters. The fraction of sp³-hybridized carbons (Fsp3) is 0.579. The molecule has 0 aromatic carbocycles. The van der Waals surface area contributed by atoms with Gasteiger partial charge in [-0.05, 0) is 50.1 Å². The Morgan fingerprint density at radius 2 is 2.04 bits per heavy atom. The molecule has 5 heteroatoms. The second-order valence-electron chi connectivity index (χ2n) is 6.61. The van der Waals surface area contributed by atoms with Crippen molar-refractivity contribution in [2.75, 3.05) is 13.1 Å². The van der Waals surface area contributed by atoms with Crippen molar-refractivity contribution in [1.82, 2.24) is 10.6 Å². The van der Waals surface area contributed by atoms with Crippen LogP contribution in [-0.4, -0.2) is 24.9 Å². The molecular weight excluding hydrogens is 302 g/mol. The van der Waals surface area contributed by atoms with Gasteiger partial charge in [0.05, 0.1) is 0 Å². The number of carbonyl (C=O) groups excluding carboxylic acids is 2. The summed E-state index contributed by atoms with van der Waals surface area (Å²) in [5, 5.41) is 5.80. The van der Waals surface area contributed by atoms with Crippen molar-refractivity contribution >= 4 is 11.8 Å². The lowest BCUT2D eigenvalue weighted by molar-refractivity contribution is -0.126. The predicted molar refractivity (Wildman–Crippen MR) is 95.9 cm³/mol. The summed E-state index contributed by atoms with van der Waals surface area (Å²) in [6, 6.07) is 0. The van der Waals surface area contributed by atoms with Crippen molar-refractivity contribution in [3.8, 4) is 0 Å². The Morgan fingerprint density at radius 1 is 1.25 bits per heavy atom. The zero-order valence-corrected chi connectivity index (χ0v) is 14.6. The highest BCUT2D eigenvalue weighted by Gasteiger charge is 2.20. The molecular formula is C19H29N3O2. The number of rotatable bonds is 8. The molecule has 4 N–H and O–H groups in total. The van der Waals surface area contributed by atoms with Crippen LogP contribution in [0.25, 0.3) is 0 Å². The lowest BCUT2D eigenvalue weighted by Gasteiger charge is -2.25. The number of carbonyl (C=O) groups is 2. The number of nitrogens with one attached hydrogen (secondary N) is 2. The number of nitrogens with two attached hydrogens (primary N) is 1. The minimum absolute atomic E-state index is 0.0777. The lowest BCUT2D eigenvalue weighted by atomic mass is 9.84. The summed E-state index contributed by atoms with van der Waals surface area (Å²) in [6.07, 6.45) is 11.7. The standard InChI is InChI=1S/C19H29N3O2/c1-14-7-8-16-15(13-14)5-4-6-17(16)22-19(24)10-9-18(23)21-12-3-2-11-20/h6-8,14H,2-5,9-13,20H2,1H3,(H,21,23)(H,22,24). The van der Waals surface area contributed by atoms with Crippen LogP contribution in [0.3, 0.4) is 0 Å². The number of hydrogen-bond donors (Lipinski definition) is 3. The first-order valence-electron chi connectivity index (χ1n) is 8.97. The van der Waals surface area contributed by atoms with Gasteiger partial charge >= 0.3 is 0 Å². The van der Waals surface area contributed by atoms with Crippen LogP contribution in [0.2, 0.25) is 0 Å². The monoisotopic (exact) mass is 331 g/mol. The third-order valence-electron chi connectivity index (χ3n) is 4.43. The van der Waals surface area contributed by atoms with Gasteiger partial charge in [0.1, 0.15) is 0 Å². The van der Waals surface area contributed by atoms with E-state index in [-0.39, 0.29) is 24.7 Å². The molecule has 24 heavy (non-hydrogen) atoms. The molecule has 2 rings (SSSR count). The number of unbranched alkanes of at least 4 members (excludes halogenated alkanes) is 1. The Kier molecular flexibility index (Phi) is 7.25. The number of allylic oxidation sites excluding steroid dienone is 4. The molecule has 0 saturated carbocycles. The fourth-order valence-electron chi connectivity index (χ4n) is 3.11. The molecule has 0 saturated heterocycles. The zero-order chi connectivity index (χ0) is 17.4. The minimum atomic E-state index is -0.0980. The summed E-state index contributed by atoms with van der Waals surface area (Å²) in [6.45, 7) is 3.48. The molecule has 0 heterocycles. The van der Waals surface area contributed by atoms with Crippen molar-refractivity contribution in [1.29, 1.82) is 0 Å². The third-order valence-corrected chi connectivity index (χ3v) is 4.43. The van der Waals surface area contributed by atoms with Gasteiger partial charge in [-0.2, -0.15) is 0 Å². The Bertz CT molecular complexity index is 561. The van der Waals surface area contributed by atoms with Gasteiger partial charge in [-0.3, -0.25) is 9.59 Å². The van der Waals surface area contributed by atoms with Gasteiger partial charge in [-0.25, -0.2) is 0 Å². The van der Waals surface area contributed by atoms with Crippen LogP contribution >= 0.6 is 0 Å². The molecule has 0 bridgehead atoms. The van der Waals surface area contributed by atoms with Crippen LogP contribution in [0, 0.1) is 5.92 Å². The van der Waals surface area contributed by atoms with E-state index in [0.29, 0.717) is 19.0 Å².